The molecule has 0 aliphatic carbocycles. The molecule has 1 aromatic rings. The summed E-state index contributed by atoms with van der Waals surface area (Å²) in [6.45, 7) is 3.01. The second-order valence-electron chi connectivity index (χ2n) is 6.87. The van der Waals surface area contributed by atoms with Crippen molar-refractivity contribution in [2.24, 2.45) is 0 Å². The average Bonchev–Trinajstić information content (AvgIpc) is 2.88. The maximum absolute atomic E-state index is 12.7. The molecule has 0 bridgehead atoms. The van der Waals surface area contributed by atoms with Gasteiger partial charge in [0, 0.05) is 32.1 Å². The summed E-state index contributed by atoms with van der Waals surface area (Å²) in [6, 6.07) is 9.15. The summed E-state index contributed by atoms with van der Waals surface area (Å²) in [5, 5.41) is 2.16. The molecule has 5 amide bonds. The number of nitrogens with one attached hydrogen (secondary N) is 1. The normalized spacial score (nSPS) is 20.7. The molecule has 2 aliphatic heterocycles. The summed E-state index contributed by atoms with van der Waals surface area (Å²) in [5.74, 6) is -0.623. The number of benzene rings is 1. The third-order valence-electron chi connectivity index (χ3n) is 5.00. The molecule has 0 unspecified atom stereocenters. The van der Waals surface area contributed by atoms with E-state index >= 15 is 0 Å². The fraction of sp³-hybridized carbons (Fsp3) is 0.474. The van der Waals surface area contributed by atoms with Crippen LogP contribution >= 0.6 is 0 Å². The Morgan fingerprint density at radius 1 is 1.19 bits per heavy atom. The molecule has 27 heavy (non-hydrogen) atoms. The molecule has 144 valence electrons. The van der Waals surface area contributed by atoms with Crippen molar-refractivity contribution in [2.75, 3.05) is 26.2 Å². The van der Waals surface area contributed by atoms with Gasteiger partial charge in [0.1, 0.15) is 13.1 Å². The largest absolute Gasteiger partial charge is 0.339 e. The maximum Gasteiger partial charge on any atom is 0.325 e. The van der Waals surface area contributed by atoms with E-state index in [-0.39, 0.29) is 37.4 Å². The summed E-state index contributed by atoms with van der Waals surface area (Å²) in [6.07, 6.45) is 0.977. The lowest BCUT2D eigenvalue weighted by Gasteiger charge is -2.31. The quantitative estimate of drug-likeness (QED) is 0.766. The van der Waals surface area contributed by atoms with E-state index in [1.165, 1.54) is 4.90 Å². The van der Waals surface area contributed by atoms with Gasteiger partial charge in [-0.25, -0.2) is 4.79 Å². The van der Waals surface area contributed by atoms with Crippen molar-refractivity contribution in [1.82, 2.24) is 20.0 Å². The van der Waals surface area contributed by atoms with E-state index < -0.39 is 11.9 Å². The highest BCUT2D eigenvalue weighted by Crippen LogP contribution is 2.18. The molecule has 0 saturated carbocycles. The number of hydrogen-bond donors (Lipinski definition) is 1. The highest BCUT2D eigenvalue weighted by atomic mass is 16.2. The topological polar surface area (TPSA) is 90.0 Å². The van der Waals surface area contributed by atoms with Crippen LogP contribution in [0.2, 0.25) is 0 Å². The first kappa shape index (κ1) is 18.9. The van der Waals surface area contributed by atoms with E-state index in [9.17, 15) is 19.2 Å². The molecule has 2 aliphatic rings. The molecule has 0 radical (unpaired) electrons. The fourth-order valence-electron chi connectivity index (χ4n) is 3.47. The standard InChI is InChI=1S/C19H24N4O4/c1-2-15-11-21(18(26)13-22-12-16(24)20-19(22)27)9-8-17(25)23(15)10-14-6-4-3-5-7-14/h3-7,15H,2,8-13H2,1H3,(H,20,24,27)/t15-/m1/s1. The zero-order valence-electron chi connectivity index (χ0n) is 15.4. The van der Waals surface area contributed by atoms with Gasteiger partial charge < -0.3 is 14.7 Å². The first-order valence-electron chi connectivity index (χ1n) is 9.18. The minimum absolute atomic E-state index is 0.0232. The smallest absolute Gasteiger partial charge is 0.325 e. The van der Waals surface area contributed by atoms with Crippen molar-refractivity contribution >= 4 is 23.8 Å². The lowest BCUT2D eigenvalue weighted by atomic mass is 10.1. The van der Waals surface area contributed by atoms with Crippen LogP contribution in [0.1, 0.15) is 25.3 Å². The average molecular weight is 372 g/mol. The van der Waals surface area contributed by atoms with Crippen molar-refractivity contribution in [3.05, 3.63) is 35.9 Å². The molecule has 0 aromatic heterocycles. The highest BCUT2D eigenvalue weighted by molar-refractivity contribution is 6.03. The molecule has 8 heteroatoms. The SMILES string of the molecule is CC[C@@H]1CN(C(=O)CN2CC(=O)NC2=O)CCC(=O)N1Cc1ccccc1. The van der Waals surface area contributed by atoms with Gasteiger partial charge in [0.05, 0.1) is 0 Å². The molecule has 0 spiro atoms. The maximum atomic E-state index is 12.7. The van der Waals surface area contributed by atoms with Gasteiger partial charge in [0.15, 0.2) is 0 Å². The Bertz CT molecular complexity index is 736. The summed E-state index contributed by atoms with van der Waals surface area (Å²) >= 11 is 0. The molecular weight excluding hydrogens is 348 g/mol. The first-order valence-corrected chi connectivity index (χ1v) is 9.18. The van der Waals surface area contributed by atoms with Crippen LogP contribution in [0.25, 0.3) is 0 Å². The van der Waals surface area contributed by atoms with Crippen LogP contribution < -0.4 is 5.32 Å². The number of imide groups is 1. The molecule has 2 saturated heterocycles. The van der Waals surface area contributed by atoms with Crippen LogP contribution in [-0.4, -0.2) is 70.7 Å². The van der Waals surface area contributed by atoms with Crippen LogP contribution in [-0.2, 0) is 20.9 Å². The van der Waals surface area contributed by atoms with E-state index in [0.717, 1.165) is 12.0 Å². The van der Waals surface area contributed by atoms with Crippen molar-refractivity contribution in [2.45, 2.75) is 32.4 Å². The monoisotopic (exact) mass is 372 g/mol. The van der Waals surface area contributed by atoms with Crippen molar-refractivity contribution in [3.8, 4) is 0 Å². The summed E-state index contributed by atoms with van der Waals surface area (Å²) in [4.78, 5) is 52.9. The number of carbonyl (C=O) groups excluding carboxylic acids is 4. The number of urea groups is 1. The number of carbonyl (C=O) groups is 4. The summed E-state index contributed by atoms with van der Waals surface area (Å²) in [7, 11) is 0. The predicted molar refractivity (Wildman–Crippen MR) is 97.4 cm³/mol. The van der Waals surface area contributed by atoms with Crippen molar-refractivity contribution in [3.63, 3.8) is 0 Å². The predicted octanol–water partition coefficient (Wildman–Crippen LogP) is 0.578. The van der Waals surface area contributed by atoms with Gasteiger partial charge >= 0.3 is 6.03 Å². The van der Waals surface area contributed by atoms with Gasteiger partial charge in [-0.05, 0) is 12.0 Å². The Kier molecular flexibility index (Phi) is 5.73. The van der Waals surface area contributed by atoms with Gasteiger partial charge in [-0.2, -0.15) is 0 Å². The molecule has 3 rings (SSSR count). The Labute approximate surface area is 158 Å². The Morgan fingerprint density at radius 2 is 1.93 bits per heavy atom. The molecule has 2 fully saturated rings. The molecule has 1 N–H and O–H groups in total. The van der Waals surface area contributed by atoms with Crippen LogP contribution in [0.15, 0.2) is 30.3 Å². The van der Waals surface area contributed by atoms with Crippen LogP contribution in [0.3, 0.4) is 0 Å². The Hall–Kier alpha value is -2.90. The lowest BCUT2D eigenvalue weighted by Crippen LogP contribution is -2.46. The molecule has 1 aromatic carbocycles. The van der Waals surface area contributed by atoms with E-state index in [1.54, 1.807) is 4.90 Å². The number of rotatable bonds is 5. The van der Waals surface area contributed by atoms with E-state index in [2.05, 4.69) is 5.32 Å². The number of amides is 5. The van der Waals surface area contributed by atoms with Crippen molar-refractivity contribution in [1.29, 1.82) is 0 Å². The molecule has 2 heterocycles. The van der Waals surface area contributed by atoms with Gasteiger partial charge in [0.25, 0.3) is 0 Å². The third kappa shape index (κ3) is 4.45. The van der Waals surface area contributed by atoms with Crippen LogP contribution in [0.5, 0.6) is 0 Å². The van der Waals surface area contributed by atoms with Gasteiger partial charge in [-0.1, -0.05) is 37.3 Å². The lowest BCUT2D eigenvalue weighted by molar-refractivity contribution is -0.133. The minimum Gasteiger partial charge on any atom is -0.339 e. The number of nitrogens with zero attached hydrogens (tertiary/aromatic N) is 3. The second kappa shape index (κ2) is 8.20. The molecule has 1 atom stereocenters. The zero-order valence-corrected chi connectivity index (χ0v) is 15.4. The molecular formula is C19H24N4O4. The minimum atomic E-state index is -0.544. The number of hydrogen-bond acceptors (Lipinski definition) is 4. The van der Waals surface area contributed by atoms with E-state index in [1.807, 2.05) is 42.2 Å². The van der Waals surface area contributed by atoms with Crippen molar-refractivity contribution < 1.29 is 19.2 Å². The fourth-order valence-corrected chi connectivity index (χ4v) is 3.47. The van der Waals surface area contributed by atoms with Gasteiger partial charge in [0.2, 0.25) is 17.7 Å². The van der Waals surface area contributed by atoms with Crippen LogP contribution in [0.4, 0.5) is 4.79 Å². The highest BCUT2D eigenvalue weighted by Gasteiger charge is 2.33. The Morgan fingerprint density at radius 3 is 2.56 bits per heavy atom. The van der Waals surface area contributed by atoms with Crippen LogP contribution in [0, 0.1) is 0 Å². The van der Waals surface area contributed by atoms with Gasteiger partial charge in [-0.3, -0.25) is 19.7 Å². The summed E-state index contributed by atoms with van der Waals surface area (Å²) < 4.78 is 0. The Balaban J connectivity index is 1.67. The second-order valence-corrected chi connectivity index (χ2v) is 6.87. The van der Waals surface area contributed by atoms with Gasteiger partial charge in [-0.15, -0.1) is 0 Å². The zero-order chi connectivity index (χ0) is 19.4. The third-order valence-corrected chi connectivity index (χ3v) is 5.00. The van der Waals surface area contributed by atoms with E-state index in [0.29, 0.717) is 19.6 Å². The first-order chi connectivity index (χ1) is 13.0. The molecule has 8 nitrogen and oxygen atoms in total. The summed E-state index contributed by atoms with van der Waals surface area (Å²) in [5.41, 5.74) is 1.05. The van der Waals surface area contributed by atoms with E-state index in [4.69, 9.17) is 0 Å².